The van der Waals surface area contributed by atoms with E-state index in [1.54, 1.807) is 6.08 Å². The lowest BCUT2D eigenvalue weighted by molar-refractivity contribution is 0.0747. The molecule has 25 heavy (non-hydrogen) atoms. The SMILES string of the molecule is C=CCOc1ccc(C(=O)N2CCN(c3cccc(Cl)c3)CC2)cc1. The number of hydrogen-bond donors (Lipinski definition) is 0. The molecule has 1 aliphatic rings. The molecular weight excluding hydrogens is 336 g/mol. The van der Waals surface area contributed by atoms with Crippen LogP contribution in [0, 0.1) is 0 Å². The van der Waals surface area contributed by atoms with E-state index >= 15 is 0 Å². The lowest BCUT2D eigenvalue weighted by Gasteiger charge is -2.36. The Morgan fingerprint density at radius 1 is 1.12 bits per heavy atom. The maximum atomic E-state index is 12.7. The van der Waals surface area contributed by atoms with Crippen LogP contribution in [0.25, 0.3) is 0 Å². The van der Waals surface area contributed by atoms with Gasteiger partial charge in [-0.2, -0.15) is 0 Å². The number of benzene rings is 2. The van der Waals surface area contributed by atoms with Crippen LogP contribution in [0.15, 0.2) is 61.2 Å². The molecule has 1 heterocycles. The van der Waals surface area contributed by atoms with Crippen LogP contribution in [0.3, 0.4) is 0 Å². The van der Waals surface area contributed by atoms with E-state index in [4.69, 9.17) is 16.3 Å². The van der Waals surface area contributed by atoms with Crippen molar-refractivity contribution >= 4 is 23.2 Å². The number of amides is 1. The summed E-state index contributed by atoms with van der Waals surface area (Å²) in [5.74, 6) is 0.795. The van der Waals surface area contributed by atoms with Crippen molar-refractivity contribution in [3.63, 3.8) is 0 Å². The molecule has 4 nitrogen and oxygen atoms in total. The lowest BCUT2D eigenvalue weighted by Crippen LogP contribution is -2.48. The van der Waals surface area contributed by atoms with Crippen LogP contribution in [0.5, 0.6) is 5.75 Å². The number of nitrogens with zero attached hydrogens (tertiary/aromatic N) is 2. The van der Waals surface area contributed by atoms with Gasteiger partial charge in [0, 0.05) is 42.5 Å². The summed E-state index contributed by atoms with van der Waals surface area (Å²) in [4.78, 5) is 16.8. The summed E-state index contributed by atoms with van der Waals surface area (Å²) in [6, 6.07) is 15.1. The highest BCUT2D eigenvalue weighted by Gasteiger charge is 2.22. The Balaban J connectivity index is 1.58. The Hall–Kier alpha value is -2.46. The van der Waals surface area contributed by atoms with Crippen LogP contribution in [-0.4, -0.2) is 43.6 Å². The predicted octanol–water partition coefficient (Wildman–Crippen LogP) is 3.87. The summed E-state index contributed by atoms with van der Waals surface area (Å²) >= 11 is 6.06. The van der Waals surface area contributed by atoms with Gasteiger partial charge in [-0.25, -0.2) is 0 Å². The molecule has 0 atom stereocenters. The van der Waals surface area contributed by atoms with Gasteiger partial charge >= 0.3 is 0 Å². The molecule has 0 N–H and O–H groups in total. The highest BCUT2D eigenvalue weighted by atomic mass is 35.5. The van der Waals surface area contributed by atoms with Crippen molar-refractivity contribution in [3.8, 4) is 5.75 Å². The van der Waals surface area contributed by atoms with Crippen molar-refractivity contribution in [2.45, 2.75) is 0 Å². The molecule has 2 aromatic rings. The predicted molar refractivity (Wildman–Crippen MR) is 102 cm³/mol. The number of carbonyl (C=O) groups is 1. The van der Waals surface area contributed by atoms with Crippen molar-refractivity contribution in [1.82, 2.24) is 4.90 Å². The minimum Gasteiger partial charge on any atom is -0.490 e. The third-order valence-electron chi connectivity index (χ3n) is 4.21. The Morgan fingerprint density at radius 2 is 1.84 bits per heavy atom. The van der Waals surface area contributed by atoms with Crippen LogP contribution in [0.1, 0.15) is 10.4 Å². The van der Waals surface area contributed by atoms with Gasteiger partial charge < -0.3 is 14.5 Å². The smallest absolute Gasteiger partial charge is 0.253 e. The van der Waals surface area contributed by atoms with Gasteiger partial charge in [0.25, 0.3) is 5.91 Å². The maximum absolute atomic E-state index is 12.7. The van der Waals surface area contributed by atoms with Crippen molar-refractivity contribution in [2.24, 2.45) is 0 Å². The first-order valence-electron chi connectivity index (χ1n) is 8.31. The molecule has 130 valence electrons. The highest BCUT2D eigenvalue weighted by molar-refractivity contribution is 6.30. The quantitative estimate of drug-likeness (QED) is 0.762. The molecule has 0 unspecified atom stereocenters. The highest BCUT2D eigenvalue weighted by Crippen LogP contribution is 2.21. The minimum absolute atomic E-state index is 0.0565. The summed E-state index contributed by atoms with van der Waals surface area (Å²) in [5.41, 5.74) is 1.78. The third kappa shape index (κ3) is 4.34. The first kappa shape index (κ1) is 17.4. The standard InChI is InChI=1S/C20H21ClN2O2/c1-2-14-25-19-8-6-16(7-9-19)20(24)23-12-10-22(11-13-23)18-5-3-4-17(21)15-18/h2-9,15H,1,10-14H2. The second kappa shape index (κ2) is 8.08. The van der Waals surface area contributed by atoms with Gasteiger partial charge in [-0.3, -0.25) is 4.79 Å². The number of halogens is 1. The first-order valence-corrected chi connectivity index (χ1v) is 8.69. The van der Waals surface area contributed by atoms with Gasteiger partial charge in [0.1, 0.15) is 12.4 Å². The van der Waals surface area contributed by atoms with E-state index in [0.29, 0.717) is 25.3 Å². The minimum atomic E-state index is 0.0565. The number of anilines is 1. The van der Waals surface area contributed by atoms with Gasteiger partial charge in [0.2, 0.25) is 0 Å². The van der Waals surface area contributed by atoms with Crippen molar-refractivity contribution in [3.05, 3.63) is 71.8 Å². The summed E-state index contributed by atoms with van der Waals surface area (Å²) < 4.78 is 5.45. The molecule has 1 amide bonds. The largest absolute Gasteiger partial charge is 0.490 e. The second-order valence-corrected chi connectivity index (χ2v) is 6.32. The number of piperazine rings is 1. The third-order valence-corrected chi connectivity index (χ3v) is 4.44. The maximum Gasteiger partial charge on any atom is 0.253 e. The summed E-state index contributed by atoms with van der Waals surface area (Å²) in [7, 11) is 0. The van der Waals surface area contributed by atoms with E-state index in [1.165, 1.54) is 0 Å². The molecule has 2 aromatic carbocycles. The van der Waals surface area contributed by atoms with E-state index in [0.717, 1.165) is 29.5 Å². The second-order valence-electron chi connectivity index (χ2n) is 5.88. The summed E-state index contributed by atoms with van der Waals surface area (Å²) in [6.45, 7) is 7.06. The fourth-order valence-electron chi connectivity index (χ4n) is 2.87. The summed E-state index contributed by atoms with van der Waals surface area (Å²) in [6.07, 6.45) is 1.69. The fraction of sp³-hybridized carbons (Fsp3) is 0.250. The molecule has 0 aliphatic carbocycles. The average molecular weight is 357 g/mol. The zero-order valence-corrected chi connectivity index (χ0v) is 14.8. The van der Waals surface area contributed by atoms with E-state index in [2.05, 4.69) is 11.5 Å². The molecule has 1 saturated heterocycles. The molecule has 1 fully saturated rings. The number of ether oxygens (including phenoxy) is 1. The molecule has 0 aromatic heterocycles. The van der Waals surface area contributed by atoms with E-state index in [-0.39, 0.29) is 5.91 Å². The van der Waals surface area contributed by atoms with Gasteiger partial charge in [-0.1, -0.05) is 30.3 Å². The van der Waals surface area contributed by atoms with E-state index in [9.17, 15) is 4.79 Å². The monoisotopic (exact) mass is 356 g/mol. The number of hydrogen-bond acceptors (Lipinski definition) is 3. The van der Waals surface area contributed by atoms with Crippen LogP contribution in [0.2, 0.25) is 5.02 Å². The van der Waals surface area contributed by atoms with Crippen LogP contribution in [0.4, 0.5) is 5.69 Å². The normalized spacial score (nSPS) is 14.3. The number of rotatable bonds is 5. The molecule has 0 saturated carbocycles. The van der Waals surface area contributed by atoms with Gasteiger partial charge in [-0.05, 0) is 42.5 Å². The van der Waals surface area contributed by atoms with Crippen molar-refractivity contribution in [1.29, 1.82) is 0 Å². The number of carbonyl (C=O) groups excluding carboxylic acids is 1. The fourth-order valence-corrected chi connectivity index (χ4v) is 3.06. The molecule has 0 spiro atoms. The topological polar surface area (TPSA) is 32.8 Å². The zero-order valence-electron chi connectivity index (χ0n) is 14.0. The van der Waals surface area contributed by atoms with Gasteiger partial charge in [0.15, 0.2) is 0 Å². The Morgan fingerprint density at radius 3 is 2.48 bits per heavy atom. The molecule has 0 bridgehead atoms. The van der Waals surface area contributed by atoms with Crippen LogP contribution in [-0.2, 0) is 0 Å². The molecule has 1 aliphatic heterocycles. The van der Waals surface area contributed by atoms with Gasteiger partial charge in [0.05, 0.1) is 0 Å². The zero-order chi connectivity index (χ0) is 17.6. The van der Waals surface area contributed by atoms with Crippen LogP contribution >= 0.6 is 11.6 Å². The van der Waals surface area contributed by atoms with Crippen LogP contribution < -0.4 is 9.64 Å². The lowest BCUT2D eigenvalue weighted by atomic mass is 10.1. The molecule has 5 heteroatoms. The molecule has 3 rings (SSSR count). The molecule has 0 radical (unpaired) electrons. The Bertz CT molecular complexity index is 738. The Labute approximate surface area is 153 Å². The Kier molecular flexibility index (Phi) is 5.61. The van der Waals surface area contributed by atoms with Gasteiger partial charge in [-0.15, -0.1) is 0 Å². The molecular formula is C20H21ClN2O2. The van der Waals surface area contributed by atoms with Crippen molar-refractivity contribution in [2.75, 3.05) is 37.7 Å². The van der Waals surface area contributed by atoms with E-state index < -0.39 is 0 Å². The average Bonchev–Trinajstić information content (AvgIpc) is 2.66. The first-order chi connectivity index (χ1) is 12.2. The summed E-state index contributed by atoms with van der Waals surface area (Å²) in [5, 5.41) is 0.731. The van der Waals surface area contributed by atoms with Crippen molar-refractivity contribution < 1.29 is 9.53 Å². The van der Waals surface area contributed by atoms with E-state index in [1.807, 2.05) is 53.4 Å².